The molecule has 0 radical (unpaired) electrons. The fourth-order valence-corrected chi connectivity index (χ4v) is 3.32. The molecule has 0 saturated carbocycles. The Hall–Kier alpha value is -2.22. The molecule has 0 aromatic carbocycles. The summed E-state index contributed by atoms with van der Waals surface area (Å²) in [5, 5.41) is 10.4. The van der Waals surface area contributed by atoms with E-state index in [9.17, 15) is 24.3 Å². The summed E-state index contributed by atoms with van der Waals surface area (Å²) in [6, 6.07) is 0. The molecule has 3 rings (SSSR count). The summed E-state index contributed by atoms with van der Waals surface area (Å²) in [5.74, 6) is -2.54. The molecule has 1 saturated heterocycles. The Morgan fingerprint density at radius 1 is 1.00 bits per heavy atom. The first-order valence-electron chi connectivity index (χ1n) is 6.55. The summed E-state index contributed by atoms with van der Waals surface area (Å²) in [5.41, 5.74) is -0.769. The Balaban J connectivity index is 2.29. The molecule has 0 bridgehead atoms. The first-order valence-corrected chi connectivity index (χ1v) is 6.55. The Labute approximate surface area is 119 Å². The zero-order valence-electron chi connectivity index (χ0n) is 11.9. The van der Waals surface area contributed by atoms with Gasteiger partial charge in [0.1, 0.15) is 0 Å². The van der Waals surface area contributed by atoms with E-state index in [2.05, 4.69) is 0 Å². The number of aliphatic hydroxyl groups excluding tert-OH is 1. The lowest BCUT2D eigenvalue weighted by atomic mass is 9.77. The quantitative estimate of drug-likeness (QED) is 0.552. The van der Waals surface area contributed by atoms with E-state index >= 15 is 0 Å². The SMILES string of the molecule is CN1C(=O)[C@@H]2[C@@H](Cc3c(c(=O)n(C)c(=O)n3C)[C@@H]2O)C1=O. The van der Waals surface area contributed by atoms with E-state index in [1.165, 1.54) is 25.7 Å². The van der Waals surface area contributed by atoms with Gasteiger partial charge in [0.15, 0.2) is 0 Å². The van der Waals surface area contributed by atoms with Gasteiger partial charge in [-0.05, 0) is 0 Å². The molecule has 2 heterocycles. The monoisotopic (exact) mass is 293 g/mol. The van der Waals surface area contributed by atoms with Crippen molar-refractivity contribution in [2.45, 2.75) is 12.5 Å². The maximum atomic E-state index is 12.2. The minimum absolute atomic E-state index is 0.0392. The van der Waals surface area contributed by atoms with E-state index < -0.39 is 35.1 Å². The van der Waals surface area contributed by atoms with Gasteiger partial charge in [0.2, 0.25) is 11.8 Å². The van der Waals surface area contributed by atoms with Crippen molar-refractivity contribution >= 4 is 11.8 Å². The van der Waals surface area contributed by atoms with Crippen molar-refractivity contribution in [3.8, 4) is 0 Å². The molecule has 8 nitrogen and oxygen atoms in total. The number of carbonyl (C=O) groups is 2. The maximum Gasteiger partial charge on any atom is 0.330 e. The zero-order valence-corrected chi connectivity index (χ0v) is 11.9. The van der Waals surface area contributed by atoms with Crippen molar-refractivity contribution in [3.05, 3.63) is 32.1 Å². The van der Waals surface area contributed by atoms with Crippen LogP contribution in [-0.4, -0.2) is 38.0 Å². The van der Waals surface area contributed by atoms with Crippen molar-refractivity contribution in [1.29, 1.82) is 0 Å². The standard InChI is InChI=1S/C13H15N3O5/c1-14-6-4-5-7(11(19)15(2)10(5)18)9(17)8(6)12(20)16(3)13(14)21/h5,7,9,17H,4H2,1-3H3/t5-,7-,9-/m1/s1. The maximum absolute atomic E-state index is 12.2. The lowest BCUT2D eigenvalue weighted by molar-refractivity contribution is -0.138. The summed E-state index contributed by atoms with van der Waals surface area (Å²) in [6.07, 6.45) is -1.26. The van der Waals surface area contributed by atoms with Crippen LogP contribution in [0.1, 0.15) is 17.4 Å². The van der Waals surface area contributed by atoms with Crippen molar-refractivity contribution < 1.29 is 14.7 Å². The van der Waals surface area contributed by atoms with Gasteiger partial charge < -0.3 is 9.67 Å². The highest BCUT2D eigenvalue weighted by Crippen LogP contribution is 2.41. The third kappa shape index (κ3) is 1.53. The molecular formula is C13H15N3O5. The van der Waals surface area contributed by atoms with Gasteiger partial charge in [-0.2, -0.15) is 0 Å². The Morgan fingerprint density at radius 2 is 1.62 bits per heavy atom. The molecule has 1 N–H and O–H groups in total. The van der Waals surface area contributed by atoms with Gasteiger partial charge >= 0.3 is 5.69 Å². The first-order chi connectivity index (χ1) is 9.77. The smallest absolute Gasteiger partial charge is 0.330 e. The van der Waals surface area contributed by atoms with Crippen LogP contribution in [-0.2, 0) is 30.1 Å². The van der Waals surface area contributed by atoms with Gasteiger partial charge in [0.25, 0.3) is 5.56 Å². The number of aromatic nitrogens is 2. The summed E-state index contributed by atoms with van der Waals surface area (Å²) >= 11 is 0. The largest absolute Gasteiger partial charge is 0.387 e. The van der Waals surface area contributed by atoms with Gasteiger partial charge in [-0.3, -0.25) is 23.9 Å². The van der Waals surface area contributed by atoms with Crippen LogP contribution in [0.25, 0.3) is 0 Å². The number of nitrogens with zero attached hydrogens (tertiary/aromatic N) is 3. The minimum atomic E-state index is -1.37. The normalized spacial score (nSPS) is 27.8. The Kier molecular flexibility index (Phi) is 2.71. The molecular weight excluding hydrogens is 278 g/mol. The number of carbonyl (C=O) groups excluding carboxylic acids is 2. The van der Waals surface area contributed by atoms with Crippen LogP contribution in [0, 0.1) is 11.8 Å². The highest BCUT2D eigenvalue weighted by atomic mass is 16.3. The number of aliphatic hydroxyl groups is 1. The number of amides is 2. The van der Waals surface area contributed by atoms with E-state index in [1.807, 2.05) is 0 Å². The Bertz CT molecular complexity index is 790. The number of imide groups is 1. The average Bonchev–Trinajstić information content (AvgIpc) is 2.67. The molecule has 1 aromatic rings. The summed E-state index contributed by atoms with van der Waals surface area (Å²) in [4.78, 5) is 49.3. The molecule has 3 atom stereocenters. The highest BCUT2D eigenvalue weighted by molar-refractivity contribution is 6.05. The molecule has 1 aliphatic carbocycles. The fraction of sp³-hybridized carbons (Fsp3) is 0.538. The van der Waals surface area contributed by atoms with Gasteiger partial charge in [-0.15, -0.1) is 0 Å². The minimum Gasteiger partial charge on any atom is -0.387 e. The predicted molar refractivity (Wildman–Crippen MR) is 70.3 cm³/mol. The number of hydrogen-bond donors (Lipinski definition) is 1. The average molecular weight is 293 g/mol. The van der Waals surface area contributed by atoms with Crippen molar-refractivity contribution in [2.24, 2.45) is 25.9 Å². The molecule has 21 heavy (non-hydrogen) atoms. The lowest BCUT2D eigenvalue weighted by Gasteiger charge is -2.30. The van der Waals surface area contributed by atoms with E-state index in [-0.39, 0.29) is 17.9 Å². The van der Waals surface area contributed by atoms with E-state index in [0.717, 1.165) is 9.47 Å². The van der Waals surface area contributed by atoms with Crippen LogP contribution >= 0.6 is 0 Å². The zero-order chi connectivity index (χ0) is 15.6. The van der Waals surface area contributed by atoms with Crippen LogP contribution in [0.15, 0.2) is 9.59 Å². The van der Waals surface area contributed by atoms with E-state index in [0.29, 0.717) is 5.69 Å². The Morgan fingerprint density at radius 3 is 2.24 bits per heavy atom. The molecule has 2 amide bonds. The van der Waals surface area contributed by atoms with Crippen molar-refractivity contribution in [2.75, 3.05) is 7.05 Å². The third-order valence-corrected chi connectivity index (χ3v) is 4.57. The van der Waals surface area contributed by atoms with Crippen LogP contribution < -0.4 is 11.2 Å². The van der Waals surface area contributed by atoms with Crippen molar-refractivity contribution in [1.82, 2.24) is 14.0 Å². The van der Waals surface area contributed by atoms with E-state index in [4.69, 9.17) is 0 Å². The summed E-state index contributed by atoms with van der Waals surface area (Å²) < 4.78 is 2.15. The highest BCUT2D eigenvalue weighted by Gasteiger charge is 2.53. The molecule has 1 fully saturated rings. The summed E-state index contributed by atoms with van der Waals surface area (Å²) in [7, 11) is 4.16. The molecule has 0 spiro atoms. The molecule has 112 valence electrons. The second kappa shape index (κ2) is 4.14. The van der Waals surface area contributed by atoms with Gasteiger partial charge in [0.05, 0.1) is 23.5 Å². The molecule has 1 aliphatic heterocycles. The topological polar surface area (TPSA) is 102 Å². The molecule has 2 aliphatic rings. The van der Waals surface area contributed by atoms with Crippen LogP contribution in [0.4, 0.5) is 0 Å². The van der Waals surface area contributed by atoms with Crippen LogP contribution in [0.2, 0.25) is 0 Å². The van der Waals surface area contributed by atoms with Gasteiger partial charge in [-0.1, -0.05) is 0 Å². The number of rotatable bonds is 0. The first kappa shape index (κ1) is 13.7. The molecule has 1 aromatic heterocycles. The van der Waals surface area contributed by atoms with E-state index in [1.54, 1.807) is 0 Å². The lowest BCUT2D eigenvalue weighted by Crippen LogP contribution is -2.46. The number of likely N-dealkylation sites (tertiary alicyclic amines) is 1. The fourth-order valence-electron chi connectivity index (χ4n) is 3.32. The second-order valence-electron chi connectivity index (χ2n) is 5.58. The van der Waals surface area contributed by atoms with Crippen LogP contribution in [0.3, 0.4) is 0 Å². The van der Waals surface area contributed by atoms with Crippen LogP contribution in [0.5, 0.6) is 0 Å². The molecule has 8 heteroatoms. The second-order valence-corrected chi connectivity index (χ2v) is 5.58. The van der Waals surface area contributed by atoms with Gasteiger partial charge in [0, 0.05) is 33.3 Å². The molecule has 0 unspecified atom stereocenters. The van der Waals surface area contributed by atoms with Gasteiger partial charge in [-0.25, -0.2) is 4.79 Å². The third-order valence-electron chi connectivity index (χ3n) is 4.57. The number of fused-ring (bicyclic) bond motifs is 2. The predicted octanol–water partition coefficient (Wildman–Crippen LogP) is -2.10. The van der Waals surface area contributed by atoms with Crippen molar-refractivity contribution in [3.63, 3.8) is 0 Å². The number of hydrogen-bond acceptors (Lipinski definition) is 5. The summed E-state index contributed by atoms with van der Waals surface area (Å²) in [6.45, 7) is 0.